The van der Waals surface area contributed by atoms with Gasteiger partial charge in [-0.2, -0.15) is 4.31 Å². The lowest BCUT2D eigenvalue weighted by Gasteiger charge is -2.34. The van der Waals surface area contributed by atoms with Gasteiger partial charge < -0.3 is 9.84 Å². The molecule has 1 aliphatic heterocycles. The zero-order valence-electron chi connectivity index (χ0n) is 16.4. The third-order valence-electron chi connectivity index (χ3n) is 4.82. The van der Waals surface area contributed by atoms with Crippen molar-refractivity contribution < 1.29 is 18.3 Å². The second-order valence-electron chi connectivity index (χ2n) is 7.31. The zero-order valence-corrected chi connectivity index (χ0v) is 17.2. The summed E-state index contributed by atoms with van der Waals surface area (Å²) >= 11 is 0. The molecule has 0 spiro atoms. The van der Waals surface area contributed by atoms with Crippen LogP contribution in [-0.4, -0.2) is 68.2 Å². The lowest BCUT2D eigenvalue weighted by molar-refractivity contribution is 0.0568. The van der Waals surface area contributed by atoms with Gasteiger partial charge in [-0.3, -0.25) is 4.90 Å². The first-order valence-corrected chi connectivity index (χ1v) is 11.0. The Bertz CT molecular complexity index is 858. The van der Waals surface area contributed by atoms with E-state index < -0.39 is 16.1 Å². The van der Waals surface area contributed by atoms with E-state index in [0.717, 1.165) is 16.9 Å². The Morgan fingerprint density at radius 3 is 2.21 bits per heavy atom. The van der Waals surface area contributed by atoms with Crippen LogP contribution in [0.2, 0.25) is 0 Å². The van der Waals surface area contributed by atoms with Gasteiger partial charge in [0.05, 0.1) is 4.90 Å². The largest absolute Gasteiger partial charge is 0.491 e. The number of rotatable bonds is 7. The number of ether oxygens (including phenoxy) is 1. The van der Waals surface area contributed by atoms with Gasteiger partial charge in [0.15, 0.2) is 0 Å². The van der Waals surface area contributed by atoms with Crippen molar-refractivity contribution in [3.63, 3.8) is 0 Å². The minimum Gasteiger partial charge on any atom is -0.491 e. The van der Waals surface area contributed by atoms with Crippen LogP contribution >= 0.6 is 0 Å². The number of aryl methyl sites for hydroxylation is 2. The lowest BCUT2D eigenvalue weighted by Crippen LogP contribution is -2.50. The molecule has 1 unspecified atom stereocenters. The van der Waals surface area contributed by atoms with Crippen molar-refractivity contribution in [3.05, 3.63) is 59.7 Å². The molecule has 1 fully saturated rings. The molecule has 1 heterocycles. The molecular weight excluding hydrogens is 376 g/mol. The predicted octanol–water partition coefficient (Wildman–Crippen LogP) is 2.05. The smallest absolute Gasteiger partial charge is 0.243 e. The highest BCUT2D eigenvalue weighted by Gasteiger charge is 2.28. The van der Waals surface area contributed by atoms with E-state index in [-0.39, 0.29) is 6.61 Å². The van der Waals surface area contributed by atoms with Gasteiger partial charge in [-0.05, 0) is 49.2 Å². The third-order valence-corrected chi connectivity index (χ3v) is 6.73. The van der Waals surface area contributed by atoms with E-state index in [2.05, 4.69) is 11.0 Å². The minimum atomic E-state index is -3.45. The van der Waals surface area contributed by atoms with Crippen LogP contribution < -0.4 is 4.74 Å². The maximum atomic E-state index is 12.7. The molecule has 1 aliphatic rings. The molecule has 2 aromatic rings. The van der Waals surface area contributed by atoms with Crippen LogP contribution in [0.4, 0.5) is 0 Å². The summed E-state index contributed by atoms with van der Waals surface area (Å²) in [4.78, 5) is 2.40. The zero-order chi connectivity index (χ0) is 20.1. The van der Waals surface area contributed by atoms with Crippen LogP contribution in [0.5, 0.6) is 5.75 Å². The molecule has 3 rings (SSSR count). The maximum absolute atomic E-state index is 12.7. The number of aliphatic hydroxyl groups is 1. The van der Waals surface area contributed by atoms with E-state index in [1.54, 1.807) is 30.3 Å². The van der Waals surface area contributed by atoms with Crippen LogP contribution in [0.15, 0.2) is 53.4 Å². The van der Waals surface area contributed by atoms with Crippen LogP contribution in [-0.2, 0) is 10.0 Å². The Morgan fingerprint density at radius 1 is 1.00 bits per heavy atom. The Balaban J connectivity index is 1.47. The molecular formula is C21H28N2O4S. The summed E-state index contributed by atoms with van der Waals surface area (Å²) in [5.41, 5.74) is 2.25. The fraction of sp³-hybridized carbons (Fsp3) is 0.429. The topological polar surface area (TPSA) is 70.1 Å². The lowest BCUT2D eigenvalue weighted by atomic mass is 10.1. The number of hydrogen-bond acceptors (Lipinski definition) is 5. The predicted molar refractivity (Wildman–Crippen MR) is 109 cm³/mol. The fourth-order valence-electron chi connectivity index (χ4n) is 3.45. The van der Waals surface area contributed by atoms with Crippen LogP contribution in [0.1, 0.15) is 11.1 Å². The van der Waals surface area contributed by atoms with Gasteiger partial charge in [0.25, 0.3) is 0 Å². The van der Waals surface area contributed by atoms with Gasteiger partial charge in [0, 0.05) is 32.7 Å². The Hall–Kier alpha value is -1.93. The Labute approximate surface area is 167 Å². The molecule has 1 N–H and O–H groups in total. The second-order valence-corrected chi connectivity index (χ2v) is 9.24. The molecule has 7 heteroatoms. The molecule has 2 aromatic carbocycles. The average molecular weight is 405 g/mol. The van der Waals surface area contributed by atoms with E-state index in [9.17, 15) is 13.5 Å². The summed E-state index contributed by atoms with van der Waals surface area (Å²) in [7, 11) is -3.45. The highest BCUT2D eigenvalue weighted by molar-refractivity contribution is 7.89. The molecule has 6 nitrogen and oxygen atoms in total. The quantitative estimate of drug-likeness (QED) is 0.765. The number of hydrogen-bond donors (Lipinski definition) is 1. The third kappa shape index (κ3) is 5.32. The van der Waals surface area contributed by atoms with Gasteiger partial charge in [0.1, 0.15) is 18.5 Å². The standard InChI is InChI=1S/C21H28N2O4S/c1-17-12-18(2)14-20(13-17)27-16-19(24)15-22-8-10-23(11-9-22)28(25,26)21-6-4-3-5-7-21/h3-7,12-14,19,24H,8-11,15-16H2,1-2H3. The first-order valence-electron chi connectivity index (χ1n) is 9.51. The Morgan fingerprint density at radius 2 is 1.61 bits per heavy atom. The van der Waals surface area contributed by atoms with Gasteiger partial charge in [-0.1, -0.05) is 24.3 Å². The average Bonchev–Trinajstić information content (AvgIpc) is 2.67. The number of benzene rings is 2. The van der Waals surface area contributed by atoms with Crippen LogP contribution in [0, 0.1) is 13.8 Å². The fourth-order valence-corrected chi connectivity index (χ4v) is 4.90. The van der Waals surface area contributed by atoms with Crippen molar-refractivity contribution in [2.24, 2.45) is 0 Å². The summed E-state index contributed by atoms with van der Waals surface area (Å²) in [6.45, 7) is 6.72. The van der Waals surface area contributed by atoms with E-state index in [1.807, 2.05) is 26.0 Å². The van der Waals surface area contributed by atoms with Crippen molar-refractivity contribution in [1.82, 2.24) is 9.21 Å². The van der Waals surface area contributed by atoms with E-state index in [1.165, 1.54) is 4.31 Å². The first kappa shape index (κ1) is 20.8. The first-order chi connectivity index (χ1) is 13.3. The van der Waals surface area contributed by atoms with Crippen LogP contribution in [0.25, 0.3) is 0 Å². The van der Waals surface area contributed by atoms with Crippen LogP contribution in [0.3, 0.4) is 0 Å². The monoisotopic (exact) mass is 404 g/mol. The normalized spacial score (nSPS) is 17.4. The van der Waals surface area contributed by atoms with Crippen molar-refractivity contribution >= 4 is 10.0 Å². The summed E-state index contributed by atoms with van der Waals surface area (Å²) in [6.07, 6.45) is -0.627. The van der Waals surface area contributed by atoms with Gasteiger partial charge >= 0.3 is 0 Å². The van der Waals surface area contributed by atoms with Crippen molar-refractivity contribution in [2.75, 3.05) is 39.3 Å². The number of sulfonamides is 1. The van der Waals surface area contributed by atoms with Crippen molar-refractivity contribution in [2.45, 2.75) is 24.8 Å². The molecule has 152 valence electrons. The summed E-state index contributed by atoms with van der Waals surface area (Å²) in [5, 5.41) is 10.3. The SMILES string of the molecule is Cc1cc(C)cc(OCC(O)CN2CCN(S(=O)(=O)c3ccccc3)CC2)c1. The van der Waals surface area contributed by atoms with Crippen molar-refractivity contribution in [3.8, 4) is 5.75 Å². The highest BCUT2D eigenvalue weighted by atomic mass is 32.2. The van der Waals surface area contributed by atoms with E-state index in [4.69, 9.17) is 4.74 Å². The van der Waals surface area contributed by atoms with Gasteiger partial charge in [-0.15, -0.1) is 0 Å². The summed E-state index contributed by atoms with van der Waals surface area (Å²) in [5.74, 6) is 0.760. The second kappa shape index (κ2) is 9.05. The van der Waals surface area contributed by atoms with Gasteiger partial charge in [0.2, 0.25) is 10.0 Å². The molecule has 0 aromatic heterocycles. The molecule has 0 saturated carbocycles. The number of nitrogens with zero attached hydrogens (tertiary/aromatic N) is 2. The molecule has 0 aliphatic carbocycles. The Kier molecular flexibility index (Phi) is 6.72. The molecule has 0 radical (unpaired) electrons. The van der Waals surface area contributed by atoms with E-state index >= 15 is 0 Å². The summed E-state index contributed by atoms with van der Waals surface area (Å²) in [6, 6.07) is 14.5. The number of β-amino-alcohol motifs (C(OH)–C–C–N with tert-alkyl or cyclic N) is 1. The number of piperazine rings is 1. The van der Waals surface area contributed by atoms with E-state index in [0.29, 0.717) is 37.6 Å². The van der Waals surface area contributed by atoms with Crippen molar-refractivity contribution in [1.29, 1.82) is 0 Å². The number of aliphatic hydroxyl groups excluding tert-OH is 1. The maximum Gasteiger partial charge on any atom is 0.243 e. The molecule has 28 heavy (non-hydrogen) atoms. The summed E-state index contributed by atoms with van der Waals surface area (Å²) < 4.78 is 32.6. The van der Waals surface area contributed by atoms with Gasteiger partial charge in [-0.25, -0.2) is 8.42 Å². The molecule has 1 atom stereocenters. The minimum absolute atomic E-state index is 0.214. The molecule has 0 bridgehead atoms. The molecule has 1 saturated heterocycles. The molecule has 0 amide bonds. The highest BCUT2D eigenvalue weighted by Crippen LogP contribution is 2.18.